The van der Waals surface area contributed by atoms with Crippen LogP contribution in [0.4, 0.5) is 0 Å². The van der Waals surface area contributed by atoms with E-state index >= 15 is 0 Å². The van der Waals surface area contributed by atoms with E-state index in [0.717, 1.165) is 24.3 Å². The van der Waals surface area contributed by atoms with E-state index in [9.17, 15) is 0 Å². The first-order valence-electron chi connectivity index (χ1n) is 8.72. The Labute approximate surface area is 126 Å². The van der Waals surface area contributed by atoms with Crippen molar-refractivity contribution < 1.29 is 0 Å². The predicted octanol–water partition coefficient (Wildman–Crippen LogP) is 3.90. The first-order valence-corrected chi connectivity index (χ1v) is 8.72. The van der Waals surface area contributed by atoms with Crippen LogP contribution in [0.5, 0.6) is 0 Å². The van der Waals surface area contributed by atoms with E-state index in [4.69, 9.17) is 5.73 Å². The summed E-state index contributed by atoms with van der Waals surface area (Å²) in [7, 11) is 0. The average Bonchev–Trinajstić information content (AvgIpc) is 2.36. The van der Waals surface area contributed by atoms with Crippen molar-refractivity contribution >= 4 is 0 Å². The predicted molar refractivity (Wildman–Crippen MR) is 87.7 cm³/mol. The van der Waals surface area contributed by atoms with Crippen LogP contribution >= 0.6 is 0 Å². The SMILES string of the molecule is CC1CC(C)CC(CN)(N2CCC(C(C)(C)C)CC2)C1. The highest BCUT2D eigenvalue weighted by Gasteiger charge is 2.43. The van der Waals surface area contributed by atoms with Gasteiger partial charge in [-0.25, -0.2) is 0 Å². The van der Waals surface area contributed by atoms with E-state index in [2.05, 4.69) is 39.5 Å². The number of rotatable bonds is 2. The summed E-state index contributed by atoms with van der Waals surface area (Å²) in [6.07, 6.45) is 6.73. The van der Waals surface area contributed by atoms with Gasteiger partial charge in [0.25, 0.3) is 0 Å². The van der Waals surface area contributed by atoms with Gasteiger partial charge < -0.3 is 5.73 Å². The van der Waals surface area contributed by atoms with Crippen molar-refractivity contribution in [1.82, 2.24) is 4.90 Å². The second kappa shape index (κ2) is 5.96. The normalized spacial score (nSPS) is 38.1. The first-order chi connectivity index (χ1) is 9.27. The zero-order valence-corrected chi connectivity index (χ0v) is 14.4. The third-order valence-electron chi connectivity index (χ3n) is 6.03. The summed E-state index contributed by atoms with van der Waals surface area (Å²) in [5, 5.41) is 0. The molecule has 118 valence electrons. The van der Waals surface area contributed by atoms with Gasteiger partial charge in [-0.05, 0) is 68.4 Å². The molecule has 1 aliphatic carbocycles. The van der Waals surface area contributed by atoms with Gasteiger partial charge >= 0.3 is 0 Å². The molecule has 1 saturated heterocycles. The maximum atomic E-state index is 6.27. The second-order valence-corrected chi connectivity index (χ2v) is 8.91. The van der Waals surface area contributed by atoms with Crippen LogP contribution in [0.15, 0.2) is 0 Å². The summed E-state index contributed by atoms with van der Waals surface area (Å²) < 4.78 is 0. The second-order valence-electron chi connectivity index (χ2n) is 8.91. The molecule has 0 aromatic heterocycles. The number of hydrogen-bond donors (Lipinski definition) is 1. The van der Waals surface area contributed by atoms with E-state index in [0.29, 0.717) is 11.0 Å². The molecule has 0 amide bonds. The Kier molecular flexibility index (Phi) is 4.86. The summed E-state index contributed by atoms with van der Waals surface area (Å²) in [6.45, 7) is 15.4. The molecule has 2 rings (SSSR count). The summed E-state index contributed by atoms with van der Waals surface area (Å²) in [6, 6.07) is 0. The van der Waals surface area contributed by atoms with Gasteiger partial charge in [-0.15, -0.1) is 0 Å². The van der Waals surface area contributed by atoms with Crippen molar-refractivity contribution in [2.75, 3.05) is 19.6 Å². The van der Waals surface area contributed by atoms with E-state index in [1.807, 2.05) is 0 Å². The van der Waals surface area contributed by atoms with Crippen LogP contribution in [-0.2, 0) is 0 Å². The van der Waals surface area contributed by atoms with E-state index in [1.54, 1.807) is 0 Å². The number of piperidine rings is 1. The van der Waals surface area contributed by atoms with Crippen molar-refractivity contribution in [3.63, 3.8) is 0 Å². The van der Waals surface area contributed by atoms with Crippen LogP contribution in [0.25, 0.3) is 0 Å². The average molecular weight is 281 g/mol. The topological polar surface area (TPSA) is 29.3 Å². The fraction of sp³-hybridized carbons (Fsp3) is 1.00. The fourth-order valence-electron chi connectivity index (χ4n) is 5.01. The molecule has 20 heavy (non-hydrogen) atoms. The van der Waals surface area contributed by atoms with Gasteiger partial charge in [0.1, 0.15) is 0 Å². The van der Waals surface area contributed by atoms with Gasteiger partial charge in [0, 0.05) is 12.1 Å². The van der Waals surface area contributed by atoms with Crippen LogP contribution in [-0.4, -0.2) is 30.1 Å². The fourth-order valence-corrected chi connectivity index (χ4v) is 5.01. The van der Waals surface area contributed by atoms with Crippen molar-refractivity contribution in [2.45, 2.75) is 72.3 Å². The highest BCUT2D eigenvalue weighted by atomic mass is 15.2. The zero-order valence-electron chi connectivity index (χ0n) is 14.4. The lowest BCUT2D eigenvalue weighted by molar-refractivity contribution is -0.0160. The number of hydrogen-bond acceptors (Lipinski definition) is 2. The van der Waals surface area contributed by atoms with Crippen molar-refractivity contribution in [3.8, 4) is 0 Å². The molecule has 0 radical (unpaired) electrons. The Balaban J connectivity index is 2.03. The first kappa shape index (κ1) is 16.3. The molecule has 0 aromatic carbocycles. The van der Waals surface area contributed by atoms with Crippen molar-refractivity contribution in [1.29, 1.82) is 0 Å². The van der Waals surface area contributed by atoms with Crippen LogP contribution < -0.4 is 5.73 Å². The van der Waals surface area contributed by atoms with Gasteiger partial charge in [0.05, 0.1) is 0 Å². The molecule has 2 unspecified atom stereocenters. The summed E-state index contributed by atoms with van der Waals surface area (Å²) in [4.78, 5) is 2.77. The minimum atomic E-state index is 0.305. The molecule has 0 spiro atoms. The molecule has 2 N–H and O–H groups in total. The van der Waals surface area contributed by atoms with Gasteiger partial charge in [0.2, 0.25) is 0 Å². The highest BCUT2D eigenvalue weighted by molar-refractivity contribution is 4.99. The molecule has 0 aromatic rings. The van der Waals surface area contributed by atoms with Crippen LogP contribution in [0, 0.1) is 23.2 Å². The van der Waals surface area contributed by atoms with Gasteiger partial charge in [-0.1, -0.05) is 34.6 Å². The minimum Gasteiger partial charge on any atom is -0.329 e. The molecular formula is C18H36N2. The third kappa shape index (κ3) is 3.39. The van der Waals surface area contributed by atoms with Crippen molar-refractivity contribution in [3.05, 3.63) is 0 Å². The number of nitrogens with zero attached hydrogens (tertiary/aromatic N) is 1. The molecular weight excluding hydrogens is 244 g/mol. The lowest BCUT2D eigenvalue weighted by atomic mass is 9.69. The third-order valence-corrected chi connectivity index (χ3v) is 6.03. The summed E-state index contributed by atoms with van der Waals surface area (Å²) >= 11 is 0. The Morgan fingerprint density at radius 2 is 1.55 bits per heavy atom. The standard InChI is InChI=1S/C18H36N2/c1-14-10-15(2)12-18(11-14,13-19)20-8-6-16(7-9-20)17(3,4)5/h14-16H,6-13,19H2,1-5H3. The van der Waals surface area contributed by atoms with Crippen LogP contribution in [0.3, 0.4) is 0 Å². The molecule has 2 fully saturated rings. The molecule has 2 nitrogen and oxygen atoms in total. The smallest absolute Gasteiger partial charge is 0.0336 e. The lowest BCUT2D eigenvalue weighted by Gasteiger charge is -2.53. The molecule has 1 heterocycles. The molecule has 0 bridgehead atoms. The van der Waals surface area contributed by atoms with Gasteiger partial charge in [-0.2, -0.15) is 0 Å². The van der Waals surface area contributed by atoms with E-state index in [-0.39, 0.29) is 0 Å². The number of likely N-dealkylation sites (tertiary alicyclic amines) is 1. The Hall–Kier alpha value is -0.0800. The Morgan fingerprint density at radius 1 is 1.05 bits per heavy atom. The zero-order chi connectivity index (χ0) is 15.0. The molecule has 1 saturated carbocycles. The Bertz CT molecular complexity index is 300. The van der Waals surface area contributed by atoms with Crippen LogP contribution in [0.1, 0.15) is 66.7 Å². The molecule has 2 aliphatic rings. The maximum Gasteiger partial charge on any atom is 0.0336 e. The van der Waals surface area contributed by atoms with Gasteiger partial charge in [-0.3, -0.25) is 4.90 Å². The minimum absolute atomic E-state index is 0.305. The monoisotopic (exact) mass is 280 g/mol. The lowest BCUT2D eigenvalue weighted by Crippen LogP contribution is -2.59. The maximum absolute atomic E-state index is 6.27. The molecule has 2 heteroatoms. The summed E-state index contributed by atoms with van der Waals surface area (Å²) in [5.74, 6) is 2.55. The van der Waals surface area contributed by atoms with E-state index in [1.165, 1.54) is 45.2 Å². The molecule has 2 atom stereocenters. The highest BCUT2D eigenvalue weighted by Crippen LogP contribution is 2.42. The quantitative estimate of drug-likeness (QED) is 0.831. The largest absolute Gasteiger partial charge is 0.329 e. The van der Waals surface area contributed by atoms with Crippen molar-refractivity contribution in [2.24, 2.45) is 28.9 Å². The summed E-state index contributed by atoms with van der Waals surface area (Å²) in [5.41, 5.74) is 7.05. The van der Waals surface area contributed by atoms with Crippen LogP contribution in [0.2, 0.25) is 0 Å². The van der Waals surface area contributed by atoms with E-state index < -0.39 is 0 Å². The van der Waals surface area contributed by atoms with Gasteiger partial charge in [0.15, 0.2) is 0 Å². The number of nitrogens with two attached hydrogens (primary N) is 1. The Morgan fingerprint density at radius 3 is 1.95 bits per heavy atom. The molecule has 1 aliphatic heterocycles.